The number of aryl methyl sites for hydroxylation is 1. The summed E-state index contributed by atoms with van der Waals surface area (Å²) in [5.41, 5.74) is 1.49. The molecule has 2 fully saturated rings. The molecule has 1 atom stereocenters. The highest BCUT2D eigenvalue weighted by molar-refractivity contribution is 7.79. The normalized spacial score (nSPS) is 20.8. The Morgan fingerprint density at radius 1 is 1.07 bits per heavy atom. The number of fused-ring (bicyclic) bond motifs is 1. The van der Waals surface area contributed by atoms with Gasteiger partial charge in [-0.3, -0.25) is 9.80 Å². The highest BCUT2D eigenvalue weighted by Crippen LogP contribution is 2.26. The average Bonchev–Trinajstić information content (AvgIpc) is 2.99. The van der Waals surface area contributed by atoms with Gasteiger partial charge in [0, 0.05) is 46.3 Å². The molecule has 0 saturated carbocycles. The summed E-state index contributed by atoms with van der Waals surface area (Å²) in [6.45, 7) is 6.68. The van der Waals surface area contributed by atoms with Crippen molar-refractivity contribution in [3.63, 3.8) is 0 Å². The number of rotatable bonds is 5. The fourth-order valence-electron chi connectivity index (χ4n) is 3.64. The van der Waals surface area contributed by atoms with E-state index in [0.29, 0.717) is 19.8 Å². The van der Waals surface area contributed by atoms with Crippen LogP contribution in [0.15, 0.2) is 0 Å². The maximum absolute atomic E-state index is 11.0. The molecule has 1 N–H and O–H groups in total. The monoisotopic (exact) mass is 429 g/mol. The molecular weight excluding hydrogens is 406 g/mol. The van der Waals surface area contributed by atoms with Crippen LogP contribution >= 0.6 is 11.6 Å². The molecular formula is C16H24ClN7O3S. The van der Waals surface area contributed by atoms with Gasteiger partial charge < -0.3 is 18.8 Å². The van der Waals surface area contributed by atoms with E-state index >= 15 is 0 Å². The van der Waals surface area contributed by atoms with Gasteiger partial charge in [0.15, 0.2) is 28.1 Å². The van der Waals surface area contributed by atoms with Crippen LogP contribution in [-0.4, -0.2) is 96.4 Å². The summed E-state index contributed by atoms with van der Waals surface area (Å²) in [6, 6.07) is 0. The molecule has 0 radical (unpaired) electrons. The van der Waals surface area contributed by atoms with E-state index in [-0.39, 0.29) is 11.2 Å². The summed E-state index contributed by atoms with van der Waals surface area (Å²) >= 11 is 4.41. The Kier molecular flexibility index (Phi) is 6.09. The maximum atomic E-state index is 11.0. The van der Waals surface area contributed by atoms with Crippen molar-refractivity contribution in [1.29, 1.82) is 0 Å². The Balaban J connectivity index is 1.54. The van der Waals surface area contributed by atoms with Crippen LogP contribution < -0.4 is 4.90 Å². The van der Waals surface area contributed by atoms with E-state index in [2.05, 4.69) is 19.8 Å². The Hall–Kier alpha value is -1.37. The Bertz CT molecular complexity index is 866. The molecule has 2 aromatic rings. The Morgan fingerprint density at radius 3 is 2.43 bits per heavy atom. The number of hydrogen-bond acceptors (Lipinski definition) is 8. The lowest BCUT2D eigenvalue weighted by atomic mass is 10.3. The van der Waals surface area contributed by atoms with E-state index in [4.69, 9.17) is 25.9 Å². The van der Waals surface area contributed by atoms with Crippen LogP contribution in [0, 0.1) is 0 Å². The third-order valence-corrected chi connectivity index (χ3v) is 5.95. The zero-order valence-electron chi connectivity index (χ0n) is 15.8. The van der Waals surface area contributed by atoms with Crippen molar-refractivity contribution in [3.8, 4) is 0 Å². The second-order valence-corrected chi connectivity index (χ2v) is 8.26. The van der Waals surface area contributed by atoms with Gasteiger partial charge in [-0.1, -0.05) is 0 Å². The SMILES string of the molecule is Cn1c(CN2CCN(CS(=O)O)CC2)nc2c(N3CCOCC3)nc(Cl)nc21. The van der Waals surface area contributed by atoms with Crippen LogP contribution in [0.2, 0.25) is 5.28 Å². The number of ether oxygens (including phenoxy) is 1. The van der Waals surface area contributed by atoms with Crippen molar-refractivity contribution in [2.75, 3.05) is 63.3 Å². The van der Waals surface area contributed by atoms with E-state index in [1.807, 2.05) is 16.5 Å². The van der Waals surface area contributed by atoms with Crippen molar-refractivity contribution in [1.82, 2.24) is 29.3 Å². The lowest BCUT2D eigenvalue weighted by molar-refractivity contribution is 0.122. The number of piperazine rings is 1. The van der Waals surface area contributed by atoms with Crippen molar-refractivity contribution < 1.29 is 13.5 Å². The van der Waals surface area contributed by atoms with Crippen LogP contribution in [0.4, 0.5) is 5.82 Å². The van der Waals surface area contributed by atoms with E-state index in [1.165, 1.54) is 0 Å². The summed E-state index contributed by atoms with van der Waals surface area (Å²) in [5.74, 6) is 1.87. The van der Waals surface area contributed by atoms with Crippen molar-refractivity contribution in [2.24, 2.45) is 7.05 Å². The predicted octanol–water partition coefficient (Wildman–Crippen LogP) is 0.150. The standard InChI is InChI=1S/C16H24ClN7O3S/c1-21-12(10-22-2-4-23(5-3-22)11-28(25)26)18-13-14(21)19-16(17)20-15(13)24-6-8-27-9-7-24/h2-11H2,1H3,(H,25,26). The summed E-state index contributed by atoms with van der Waals surface area (Å²) < 4.78 is 27.4. The van der Waals surface area contributed by atoms with E-state index in [0.717, 1.165) is 62.1 Å². The smallest absolute Gasteiger partial charge is 0.226 e. The van der Waals surface area contributed by atoms with Gasteiger partial charge in [0.05, 0.1) is 19.8 Å². The fourth-order valence-corrected chi connectivity index (χ4v) is 4.37. The minimum absolute atomic E-state index is 0.205. The maximum Gasteiger partial charge on any atom is 0.226 e. The number of aromatic nitrogens is 4. The molecule has 154 valence electrons. The molecule has 0 amide bonds. The zero-order valence-corrected chi connectivity index (χ0v) is 17.3. The van der Waals surface area contributed by atoms with Crippen molar-refractivity contribution in [3.05, 3.63) is 11.1 Å². The molecule has 12 heteroatoms. The summed E-state index contributed by atoms with van der Waals surface area (Å²) in [7, 11) is 1.95. The summed E-state index contributed by atoms with van der Waals surface area (Å²) in [4.78, 5) is 20.1. The molecule has 4 rings (SSSR count). The molecule has 1 unspecified atom stereocenters. The molecule has 0 aromatic carbocycles. The van der Waals surface area contributed by atoms with Gasteiger partial charge in [-0.05, 0) is 11.6 Å². The number of nitrogens with zero attached hydrogens (tertiary/aromatic N) is 7. The van der Waals surface area contributed by atoms with Gasteiger partial charge in [-0.15, -0.1) is 0 Å². The number of morpholine rings is 1. The molecule has 10 nitrogen and oxygen atoms in total. The highest BCUT2D eigenvalue weighted by Gasteiger charge is 2.24. The van der Waals surface area contributed by atoms with Crippen molar-refractivity contribution >= 4 is 39.7 Å². The molecule has 2 aliphatic rings. The number of imidazole rings is 1. The minimum Gasteiger partial charge on any atom is -0.378 e. The first-order chi connectivity index (χ1) is 13.5. The van der Waals surface area contributed by atoms with Gasteiger partial charge in [0.1, 0.15) is 11.7 Å². The van der Waals surface area contributed by atoms with Gasteiger partial charge in [-0.2, -0.15) is 9.97 Å². The summed E-state index contributed by atoms with van der Waals surface area (Å²) in [5, 5.41) is 0.217. The van der Waals surface area contributed by atoms with Crippen molar-refractivity contribution in [2.45, 2.75) is 6.54 Å². The molecule has 4 heterocycles. The largest absolute Gasteiger partial charge is 0.378 e. The third kappa shape index (κ3) is 4.29. The lowest BCUT2D eigenvalue weighted by Gasteiger charge is -2.33. The predicted molar refractivity (Wildman–Crippen MR) is 107 cm³/mol. The second-order valence-electron chi connectivity index (χ2n) is 7.02. The summed E-state index contributed by atoms with van der Waals surface area (Å²) in [6.07, 6.45) is 0. The van der Waals surface area contributed by atoms with Gasteiger partial charge in [0.2, 0.25) is 5.28 Å². The highest BCUT2D eigenvalue weighted by atomic mass is 35.5. The molecule has 0 spiro atoms. The fraction of sp³-hybridized carbons (Fsp3) is 0.688. The van der Waals surface area contributed by atoms with Crippen LogP contribution in [0.3, 0.4) is 0 Å². The van der Waals surface area contributed by atoms with Crippen LogP contribution in [-0.2, 0) is 29.4 Å². The van der Waals surface area contributed by atoms with Gasteiger partial charge in [-0.25, -0.2) is 9.19 Å². The molecule has 2 saturated heterocycles. The molecule has 0 aliphatic carbocycles. The van der Waals surface area contributed by atoms with Crippen LogP contribution in [0.1, 0.15) is 5.82 Å². The first kappa shape index (κ1) is 19.9. The van der Waals surface area contributed by atoms with E-state index in [1.54, 1.807) is 0 Å². The van der Waals surface area contributed by atoms with E-state index in [9.17, 15) is 4.21 Å². The Morgan fingerprint density at radius 2 is 1.75 bits per heavy atom. The average molecular weight is 430 g/mol. The molecule has 2 aliphatic heterocycles. The quantitative estimate of drug-likeness (QED) is 0.525. The third-order valence-electron chi connectivity index (χ3n) is 5.20. The number of hydrogen-bond donors (Lipinski definition) is 1. The minimum atomic E-state index is -1.78. The van der Waals surface area contributed by atoms with Gasteiger partial charge in [0.25, 0.3) is 0 Å². The topological polar surface area (TPSA) is 99.9 Å². The van der Waals surface area contributed by atoms with Crippen LogP contribution in [0.5, 0.6) is 0 Å². The first-order valence-electron chi connectivity index (χ1n) is 9.25. The first-order valence-corrected chi connectivity index (χ1v) is 10.9. The van der Waals surface area contributed by atoms with E-state index < -0.39 is 11.1 Å². The number of halogens is 1. The molecule has 2 aromatic heterocycles. The molecule has 0 bridgehead atoms. The lowest BCUT2D eigenvalue weighted by Crippen LogP contribution is -2.46. The Labute approximate surface area is 170 Å². The molecule has 28 heavy (non-hydrogen) atoms. The van der Waals surface area contributed by atoms with Gasteiger partial charge >= 0.3 is 0 Å². The zero-order chi connectivity index (χ0) is 19.7. The second kappa shape index (κ2) is 8.56. The van der Waals surface area contributed by atoms with Crippen LogP contribution in [0.25, 0.3) is 11.2 Å². The number of anilines is 1.